The lowest BCUT2D eigenvalue weighted by Gasteiger charge is -2.28. The summed E-state index contributed by atoms with van der Waals surface area (Å²) in [7, 11) is -3.66. The third kappa shape index (κ3) is 3.57. The molecular formula is C21H23FN4O3S. The average Bonchev–Trinajstić information content (AvgIpc) is 3.52. The minimum atomic E-state index is -3.66. The molecule has 0 radical (unpaired) electrons. The van der Waals surface area contributed by atoms with Crippen molar-refractivity contribution in [3.05, 3.63) is 48.3 Å². The number of rotatable bonds is 5. The number of halogens is 1. The van der Waals surface area contributed by atoms with Gasteiger partial charge >= 0.3 is 0 Å². The summed E-state index contributed by atoms with van der Waals surface area (Å²) in [5.74, 6) is 0.226. The smallest absolute Gasteiger partial charge is 0.243 e. The normalized spacial score (nSPS) is 18.7. The Bertz CT molecular complexity index is 1180. The van der Waals surface area contributed by atoms with E-state index < -0.39 is 16.1 Å². The van der Waals surface area contributed by atoms with E-state index >= 15 is 0 Å². The number of sulfonamides is 1. The molecule has 0 spiro atoms. The van der Waals surface area contributed by atoms with Crippen LogP contribution in [0.1, 0.15) is 31.7 Å². The first-order valence-corrected chi connectivity index (χ1v) is 11.6. The molecule has 30 heavy (non-hydrogen) atoms. The van der Waals surface area contributed by atoms with Crippen molar-refractivity contribution in [2.45, 2.75) is 42.7 Å². The fourth-order valence-electron chi connectivity index (χ4n) is 3.87. The Kier molecular flexibility index (Phi) is 4.76. The zero-order chi connectivity index (χ0) is 20.9. The lowest BCUT2D eigenvalue weighted by atomic mass is 10.1. The standard InChI is InChI=1S/C21H23FN4O3S/c22-14-1-3-15(4-2-14)23-21-19-13-18(7-8-20(19)26(24-21)16-5-6-16)30(28,29)25-11-9-17(27)10-12-25/h1-4,7-8,13,16-17,27H,5-6,9-12H2,(H,23,24). The van der Waals surface area contributed by atoms with Crippen LogP contribution in [-0.4, -0.2) is 46.8 Å². The van der Waals surface area contributed by atoms with E-state index in [9.17, 15) is 17.9 Å². The highest BCUT2D eigenvalue weighted by Crippen LogP contribution is 2.40. The van der Waals surface area contributed by atoms with Crippen LogP contribution in [0.25, 0.3) is 10.9 Å². The number of hydrogen-bond acceptors (Lipinski definition) is 5. The van der Waals surface area contributed by atoms with Crippen molar-refractivity contribution in [2.24, 2.45) is 0 Å². The average molecular weight is 431 g/mol. The Morgan fingerprint density at radius 1 is 1.03 bits per heavy atom. The van der Waals surface area contributed by atoms with Crippen molar-refractivity contribution in [1.82, 2.24) is 14.1 Å². The van der Waals surface area contributed by atoms with E-state index in [1.807, 2.05) is 10.7 Å². The van der Waals surface area contributed by atoms with Gasteiger partial charge in [0.05, 0.1) is 22.6 Å². The first-order valence-electron chi connectivity index (χ1n) is 10.1. The Hall–Kier alpha value is -2.49. The molecule has 9 heteroatoms. The molecule has 2 aliphatic rings. The van der Waals surface area contributed by atoms with Gasteiger partial charge in [-0.2, -0.15) is 9.40 Å². The topological polar surface area (TPSA) is 87.5 Å². The molecule has 7 nitrogen and oxygen atoms in total. The highest BCUT2D eigenvalue weighted by Gasteiger charge is 2.31. The third-order valence-corrected chi connectivity index (χ3v) is 7.63. The summed E-state index contributed by atoms with van der Waals surface area (Å²) in [4.78, 5) is 0.212. The van der Waals surface area contributed by atoms with Crippen molar-refractivity contribution >= 4 is 32.4 Å². The number of fused-ring (bicyclic) bond motifs is 1. The third-order valence-electron chi connectivity index (χ3n) is 5.74. The Balaban J connectivity index is 1.54. The number of aromatic nitrogens is 2. The van der Waals surface area contributed by atoms with Crippen LogP contribution in [0.5, 0.6) is 0 Å². The molecule has 2 aromatic carbocycles. The molecule has 0 amide bonds. The van der Waals surface area contributed by atoms with Crippen LogP contribution < -0.4 is 5.32 Å². The Morgan fingerprint density at radius 2 is 1.73 bits per heavy atom. The van der Waals surface area contributed by atoms with Gasteiger partial charge in [0.1, 0.15) is 5.82 Å². The number of anilines is 2. The molecule has 1 saturated heterocycles. The molecule has 0 bridgehead atoms. The van der Waals surface area contributed by atoms with Crippen LogP contribution in [0.4, 0.5) is 15.9 Å². The Morgan fingerprint density at radius 3 is 2.40 bits per heavy atom. The molecular weight excluding hydrogens is 407 g/mol. The number of benzene rings is 2. The van der Waals surface area contributed by atoms with Crippen molar-refractivity contribution in [1.29, 1.82) is 0 Å². The van der Waals surface area contributed by atoms with Crippen LogP contribution in [0.15, 0.2) is 47.4 Å². The van der Waals surface area contributed by atoms with E-state index in [4.69, 9.17) is 0 Å². The van der Waals surface area contributed by atoms with Gasteiger partial charge < -0.3 is 10.4 Å². The number of aliphatic hydroxyl groups excluding tert-OH is 1. The second kappa shape index (κ2) is 7.33. The summed E-state index contributed by atoms with van der Waals surface area (Å²) < 4.78 is 42.9. The second-order valence-electron chi connectivity index (χ2n) is 7.97. The molecule has 0 unspecified atom stereocenters. The summed E-state index contributed by atoms with van der Waals surface area (Å²) in [5.41, 5.74) is 1.55. The maximum absolute atomic E-state index is 13.2. The van der Waals surface area contributed by atoms with Gasteiger partial charge in [0, 0.05) is 24.2 Å². The molecule has 1 aromatic heterocycles. The SMILES string of the molecule is O=S(=O)(c1ccc2c(c1)c(Nc1ccc(F)cc1)nn2C1CC1)N1CCC(O)CC1. The largest absolute Gasteiger partial charge is 0.393 e. The molecule has 2 heterocycles. The highest BCUT2D eigenvalue weighted by atomic mass is 32.2. The van der Waals surface area contributed by atoms with E-state index in [-0.39, 0.29) is 10.7 Å². The molecule has 1 saturated carbocycles. The van der Waals surface area contributed by atoms with Gasteiger partial charge in [-0.3, -0.25) is 4.68 Å². The van der Waals surface area contributed by atoms with Gasteiger partial charge in [0.15, 0.2) is 5.82 Å². The van der Waals surface area contributed by atoms with Crippen LogP contribution in [0, 0.1) is 5.82 Å². The van der Waals surface area contributed by atoms with Crippen molar-refractivity contribution in [3.8, 4) is 0 Å². The van der Waals surface area contributed by atoms with E-state index in [0.29, 0.717) is 48.9 Å². The quantitative estimate of drug-likeness (QED) is 0.648. The van der Waals surface area contributed by atoms with Gasteiger partial charge in [0.2, 0.25) is 10.0 Å². The number of piperidine rings is 1. The van der Waals surface area contributed by atoms with Crippen LogP contribution in [0.2, 0.25) is 0 Å². The predicted octanol–water partition coefficient (Wildman–Crippen LogP) is 3.40. The van der Waals surface area contributed by atoms with E-state index in [1.54, 1.807) is 24.3 Å². The molecule has 0 atom stereocenters. The number of hydrogen-bond donors (Lipinski definition) is 2. The van der Waals surface area contributed by atoms with Crippen molar-refractivity contribution in [2.75, 3.05) is 18.4 Å². The van der Waals surface area contributed by atoms with Gasteiger partial charge in [-0.05, 0) is 68.1 Å². The monoisotopic (exact) mass is 430 g/mol. The number of nitrogens with one attached hydrogen (secondary N) is 1. The lowest BCUT2D eigenvalue weighted by molar-refractivity contribution is 0.113. The van der Waals surface area contributed by atoms with Gasteiger partial charge in [-0.25, -0.2) is 12.8 Å². The van der Waals surface area contributed by atoms with E-state index in [0.717, 1.165) is 18.4 Å². The zero-order valence-corrected chi connectivity index (χ0v) is 17.1. The Labute approximate surface area is 174 Å². The minimum absolute atomic E-state index is 0.212. The van der Waals surface area contributed by atoms with Crippen molar-refractivity contribution in [3.63, 3.8) is 0 Å². The summed E-state index contributed by atoms with van der Waals surface area (Å²) in [5, 5.41) is 18.3. The maximum Gasteiger partial charge on any atom is 0.243 e. The second-order valence-corrected chi connectivity index (χ2v) is 9.91. The first-order chi connectivity index (χ1) is 14.4. The molecule has 1 aliphatic heterocycles. The molecule has 3 aromatic rings. The predicted molar refractivity (Wildman–Crippen MR) is 112 cm³/mol. The van der Waals surface area contributed by atoms with Crippen LogP contribution in [0.3, 0.4) is 0 Å². The van der Waals surface area contributed by atoms with Crippen molar-refractivity contribution < 1.29 is 17.9 Å². The van der Waals surface area contributed by atoms with E-state index in [1.165, 1.54) is 16.4 Å². The highest BCUT2D eigenvalue weighted by molar-refractivity contribution is 7.89. The van der Waals surface area contributed by atoms with Gasteiger partial charge in [-0.1, -0.05) is 0 Å². The fraction of sp³-hybridized carbons (Fsp3) is 0.381. The van der Waals surface area contributed by atoms with Gasteiger partial charge in [0.25, 0.3) is 0 Å². The number of nitrogens with zero attached hydrogens (tertiary/aromatic N) is 3. The summed E-state index contributed by atoms with van der Waals surface area (Å²) in [6.45, 7) is 0.618. The maximum atomic E-state index is 13.2. The minimum Gasteiger partial charge on any atom is -0.393 e. The molecule has 2 fully saturated rings. The fourth-order valence-corrected chi connectivity index (χ4v) is 5.37. The first kappa shape index (κ1) is 19.5. The molecule has 2 N–H and O–H groups in total. The molecule has 1 aliphatic carbocycles. The summed E-state index contributed by atoms with van der Waals surface area (Å²) in [6, 6.07) is 11.4. The summed E-state index contributed by atoms with van der Waals surface area (Å²) in [6.07, 6.45) is 2.53. The van der Waals surface area contributed by atoms with Gasteiger partial charge in [-0.15, -0.1) is 0 Å². The van der Waals surface area contributed by atoms with Crippen LogP contribution >= 0.6 is 0 Å². The number of aliphatic hydroxyl groups is 1. The molecule has 5 rings (SSSR count). The zero-order valence-electron chi connectivity index (χ0n) is 16.3. The van der Waals surface area contributed by atoms with Crippen LogP contribution in [-0.2, 0) is 10.0 Å². The van der Waals surface area contributed by atoms with E-state index in [2.05, 4.69) is 10.4 Å². The lowest BCUT2D eigenvalue weighted by Crippen LogP contribution is -2.39. The molecule has 158 valence electrons. The summed E-state index contributed by atoms with van der Waals surface area (Å²) >= 11 is 0.